The average Bonchev–Trinajstić information content (AvgIpc) is 2.42. The van der Waals surface area contributed by atoms with Crippen LogP contribution in [0.15, 0.2) is 41.0 Å². The Kier molecular flexibility index (Phi) is 4.80. The number of hydrogen-bond donors (Lipinski definition) is 2. The fraction of sp³-hybridized carbons (Fsp3) is 0.214. The maximum atomic E-state index is 6.14. The lowest BCUT2D eigenvalue weighted by Gasteiger charge is -2.16. The third-order valence-electron chi connectivity index (χ3n) is 2.88. The normalized spacial score (nSPS) is 12.2. The van der Waals surface area contributed by atoms with Gasteiger partial charge in [-0.25, -0.2) is 4.98 Å². The first-order valence-electron chi connectivity index (χ1n) is 5.96. The molecular formula is C14H15BrClN3. The topological polar surface area (TPSA) is 50.9 Å². The van der Waals surface area contributed by atoms with Crippen LogP contribution >= 0.6 is 27.5 Å². The molecular weight excluding hydrogens is 326 g/mol. The molecule has 100 valence electrons. The molecule has 0 radical (unpaired) electrons. The predicted molar refractivity (Wildman–Crippen MR) is 83.3 cm³/mol. The molecule has 0 aliphatic heterocycles. The maximum absolute atomic E-state index is 6.14. The van der Waals surface area contributed by atoms with E-state index in [0.717, 1.165) is 15.6 Å². The van der Waals surface area contributed by atoms with E-state index in [1.165, 1.54) is 0 Å². The van der Waals surface area contributed by atoms with Gasteiger partial charge in [-0.05, 0) is 40.0 Å². The summed E-state index contributed by atoms with van der Waals surface area (Å²) in [6.07, 6.45) is 1.72. The Labute approximate surface area is 126 Å². The van der Waals surface area contributed by atoms with Gasteiger partial charge in [-0.15, -0.1) is 0 Å². The summed E-state index contributed by atoms with van der Waals surface area (Å²) < 4.78 is 0.864. The molecule has 0 bridgehead atoms. The molecule has 19 heavy (non-hydrogen) atoms. The van der Waals surface area contributed by atoms with Crippen LogP contribution in [0.4, 0.5) is 5.82 Å². The van der Waals surface area contributed by atoms with Crippen LogP contribution in [0.1, 0.15) is 24.1 Å². The van der Waals surface area contributed by atoms with Gasteiger partial charge in [-0.1, -0.05) is 35.9 Å². The molecule has 2 rings (SSSR count). The van der Waals surface area contributed by atoms with E-state index in [-0.39, 0.29) is 6.04 Å². The first-order valence-corrected chi connectivity index (χ1v) is 7.13. The fourth-order valence-electron chi connectivity index (χ4n) is 1.75. The molecule has 1 atom stereocenters. The van der Waals surface area contributed by atoms with Crippen molar-refractivity contribution in [2.45, 2.75) is 19.5 Å². The number of halogens is 2. The summed E-state index contributed by atoms with van der Waals surface area (Å²) in [5.41, 5.74) is 7.87. The van der Waals surface area contributed by atoms with Crippen LogP contribution in [0.3, 0.4) is 0 Å². The van der Waals surface area contributed by atoms with Crippen LogP contribution in [0.5, 0.6) is 0 Å². The highest BCUT2D eigenvalue weighted by atomic mass is 79.9. The van der Waals surface area contributed by atoms with Gasteiger partial charge in [0.2, 0.25) is 0 Å². The molecule has 3 nitrogen and oxygen atoms in total. The second-order valence-electron chi connectivity index (χ2n) is 4.30. The van der Waals surface area contributed by atoms with Crippen LogP contribution in [0.2, 0.25) is 5.02 Å². The van der Waals surface area contributed by atoms with Gasteiger partial charge < -0.3 is 11.1 Å². The lowest BCUT2D eigenvalue weighted by molar-refractivity contribution is 0.872. The quantitative estimate of drug-likeness (QED) is 0.880. The molecule has 1 unspecified atom stereocenters. The molecule has 5 heteroatoms. The highest BCUT2D eigenvalue weighted by Crippen LogP contribution is 2.26. The van der Waals surface area contributed by atoms with E-state index in [4.69, 9.17) is 17.3 Å². The summed E-state index contributed by atoms with van der Waals surface area (Å²) in [4.78, 5) is 4.27. The van der Waals surface area contributed by atoms with Crippen molar-refractivity contribution >= 4 is 33.3 Å². The van der Waals surface area contributed by atoms with Crippen molar-refractivity contribution in [2.75, 3.05) is 5.32 Å². The molecule has 1 aromatic heterocycles. The highest BCUT2D eigenvalue weighted by molar-refractivity contribution is 9.10. The number of hydrogen-bond acceptors (Lipinski definition) is 3. The number of rotatable bonds is 4. The van der Waals surface area contributed by atoms with Crippen molar-refractivity contribution in [1.82, 2.24) is 4.98 Å². The van der Waals surface area contributed by atoms with E-state index in [1.54, 1.807) is 6.20 Å². The number of pyridine rings is 1. The first kappa shape index (κ1) is 14.3. The number of nitrogens with zero attached hydrogens (tertiary/aromatic N) is 1. The van der Waals surface area contributed by atoms with Crippen molar-refractivity contribution in [3.8, 4) is 0 Å². The SMILES string of the molecule is CC(Nc1ncc(Br)cc1Cl)c1ccc(CN)cc1. The molecule has 0 saturated carbocycles. The van der Waals surface area contributed by atoms with Gasteiger partial charge in [0, 0.05) is 23.3 Å². The van der Waals surface area contributed by atoms with Gasteiger partial charge in [-0.3, -0.25) is 0 Å². The monoisotopic (exact) mass is 339 g/mol. The number of nitrogens with one attached hydrogen (secondary N) is 1. The summed E-state index contributed by atoms with van der Waals surface area (Å²) in [5, 5.41) is 3.89. The Balaban J connectivity index is 2.13. The minimum absolute atomic E-state index is 0.123. The van der Waals surface area contributed by atoms with Gasteiger partial charge in [-0.2, -0.15) is 0 Å². The van der Waals surface area contributed by atoms with Crippen molar-refractivity contribution in [3.63, 3.8) is 0 Å². The molecule has 3 N–H and O–H groups in total. The maximum Gasteiger partial charge on any atom is 0.145 e. The van der Waals surface area contributed by atoms with Crippen LogP contribution in [0.25, 0.3) is 0 Å². The zero-order chi connectivity index (χ0) is 13.8. The van der Waals surface area contributed by atoms with E-state index in [1.807, 2.05) is 18.2 Å². The van der Waals surface area contributed by atoms with Crippen molar-refractivity contribution in [3.05, 3.63) is 57.2 Å². The van der Waals surface area contributed by atoms with E-state index in [2.05, 4.69) is 45.3 Å². The Bertz CT molecular complexity index is 557. The number of nitrogens with two attached hydrogens (primary N) is 1. The molecule has 0 spiro atoms. The lowest BCUT2D eigenvalue weighted by Crippen LogP contribution is -2.08. The molecule has 2 aromatic rings. The third-order valence-corrected chi connectivity index (χ3v) is 3.60. The average molecular weight is 341 g/mol. The molecule has 0 saturated heterocycles. The number of anilines is 1. The van der Waals surface area contributed by atoms with Crippen LogP contribution in [-0.2, 0) is 6.54 Å². The van der Waals surface area contributed by atoms with Gasteiger partial charge in [0.1, 0.15) is 5.82 Å². The Hall–Kier alpha value is -1.10. The highest BCUT2D eigenvalue weighted by Gasteiger charge is 2.09. The second-order valence-corrected chi connectivity index (χ2v) is 5.62. The minimum atomic E-state index is 0.123. The standard InChI is InChI=1S/C14H15BrClN3/c1-9(11-4-2-10(7-17)3-5-11)19-14-13(16)6-12(15)8-18-14/h2-6,8-9H,7,17H2,1H3,(H,18,19). The smallest absolute Gasteiger partial charge is 0.145 e. The summed E-state index contributed by atoms with van der Waals surface area (Å²) in [5.74, 6) is 0.681. The summed E-state index contributed by atoms with van der Waals surface area (Å²) in [6, 6.07) is 10.1. The molecule has 0 aliphatic carbocycles. The summed E-state index contributed by atoms with van der Waals surface area (Å²) in [7, 11) is 0. The van der Waals surface area contributed by atoms with Gasteiger partial charge >= 0.3 is 0 Å². The Morgan fingerprint density at radius 2 is 2.05 bits per heavy atom. The Morgan fingerprint density at radius 3 is 2.63 bits per heavy atom. The predicted octanol–water partition coefficient (Wildman–Crippen LogP) is 4.13. The van der Waals surface area contributed by atoms with Crippen LogP contribution in [-0.4, -0.2) is 4.98 Å². The first-order chi connectivity index (χ1) is 9.10. The van der Waals surface area contributed by atoms with E-state index in [0.29, 0.717) is 17.4 Å². The van der Waals surface area contributed by atoms with Crippen molar-refractivity contribution in [1.29, 1.82) is 0 Å². The van der Waals surface area contributed by atoms with E-state index in [9.17, 15) is 0 Å². The third kappa shape index (κ3) is 3.69. The van der Waals surface area contributed by atoms with E-state index < -0.39 is 0 Å². The van der Waals surface area contributed by atoms with Gasteiger partial charge in [0.15, 0.2) is 0 Å². The van der Waals surface area contributed by atoms with Crippen molar-refractivity contribution < 1.29 is 0 Å². The zero-order valence-electron chi connectivity index (χ0n) is 10.5. The zero-order valence-corrected chi connectivity index (χ0v) is 12.9. The van der Waals surface area contributed by atoms with Gasteiger partial charge in [0.25, 0.3) is 0 Å². The summed E-state index contributed by atoms with van der Waals surface area (Å²) >= 11 is 9.47. The second kappa shape index (κ2) is 6.37. The number of benzene rings is 1. The van der Waals surface area contributed by atoms with E-state index >= 15 is 0 Å². The molecule has 0 amide bonds. The molecule has 0 fully saturated rings. The van der Waals surface area contributed by atoms with Gasteiger partial charge in [0.05, 0.1) is 5.02 Å². The van der Waals surface area contributed by atoms with Crippen LogP contribution < -0.4 is 11.1 Å². The molecule has 0 aliphatic rings. The Morgan fingerprint density at radius 1 is 1.37 bits per heavy atom. The minimum Gasteiger partial charge on any atom is -0.362 e. The number of aromatic nitrogens is 1. The molecule has 1 aromatic carbocycles. The van der Waals surface area contributed by atoms with Crippen molar-refractivity contribution in [2.24, 2.45) is 5.73 Å². The summed E-state index contributed by atoms with van der Waals surface area (Å²) in [6.45, 7) is 2.62. The fourth-order valence-corrected chi connectivity index (χ4v) is 2.44. The lowest BCUT2D eigenvalue weighted by atomic mass is 10.1. The largest absolute Gasteiger partial charge is 0.362 e. The molecule has 1 heterocycles. The van der Waals surface area contributed by atoms with Crippen LogP contribution in [0, 0.1) is 0 Å².